The minimum absolute atomic E-state index is 0.107. The molecule has 0 bridgehead atoms. The highest BCUT2D eigenvalue weighted by Gasteiger charge is 2.17. The van der Waals surface area contributed by atoms with Gasteiger partial charge in [-0.25, -0.2) is 0 Å². The summed E-state index contributed by atoms with van der Waals surface area (Å²) in [6.45, 7) is 4.14. The first kappa shape index (κ1) is 61.8. The van der Waals surface area contributed by atoms with Crippen LogP contribution in [0, 0.1) is 0 Å². The average molecular weight is 904 g/mol. The first-order valence-corrected chi connectivity index (χ1v) is 26.3. The molecule has 0 fully saturated rings. The van der Waals surface area contributed by atoms with E-state index in [1.165, 1.54) is 44.9 Å². The second-order valence-corrected chi connectivity index (χ2v) is 16.8. The van der Waals surface area contributed by atoms with Gasteiger partial charge in [-0.05, 0) is 122 Å². The molecule has 4 heteroatoms. The number of amides is 1. The van der Waals surface area contributed by atoms with Crippen LogP contribution in [0.2, 0.25) is 0 Å². The molecule has 0 rings (SSSR count). The lowest BCUT2D eigenvalue weighted by molar-refractivity contribution is -0.123. The Morgan fingerprint density at radius 3 is 1.06 bits per heavy atom. The van der Waals surface area contributed by atoms with E-state index in [0.29, 0.717) is 6.42 Å². The summed E-state index contributed by atoms with van der Waals surface area (Å²) < 4.78 is 0. The maximum absolute atomic E-state index is 12.4. The van der Waals surface area contributed by atoms with Crippen molar-refractivity contribution in [3.05, 3.63) is 170 Å². The van der Waals surface area contributed by atoms with Crippen LogP contribution in [-0.2, 0) is 4.79 Å². The number of hydrogen-bond acceptors (Lipinski definition) is 3. The van der Waals surface area contributed by atoms with Gasteiger partial charge < -0.3 is 15.5 Å². The van der Waals surface area contributed by atoms with E-state index >= 15 is 0 Å². The molecule has 1 amide bonds. The fourth-order valence-corrected chi connectivity index (χ4v) is 6.70. The van der Waals surface area contributed by atoms with Crippen molar-refractivity contribution < 1.29 is 15.0 Å². The maximum Gasteiger partial charge on any atom is 0.220 e. The lowest BCUT2D eigenvalue weighted by Gasteiger charge is -2.19. The van der Waals surface area contributed by atoms with Crippen LogP contribution >= 0.6 is 0 Å². The van der Waals surface area contributed by atoms with Crippen LogP contribution in [0.1, 0.15) is 194 Å². The van der Waals surface area contributed by atoms with Gasteiger partial charge in [-0.15, -0.1) is 0 Å². The monoisotopic (exact) mass is 904 g/mol. The third kappa shape index (κ3) is 50.7. The van der Waals surface area contributed by atoms with E-state index < -0.39 is 12.1 Å². The van der Waals surface area contributed by atoms with Gasteiger partial charge in [-0.1, -0.05) is 235 Å². The Kier molecular flexibility index (Phi) is 51.5. The van der Waals surface area contributed by atoms with Crippen LogP contribution < -0.4 is 5.32 Å². The molecule has 3 N–H and O–H groups in total. The standard InChI is InChI=1S/C62H97NO3/c1-3-5-7-9-11-13-15-17-18-19-20-21-22-23-24-25-26-27-28-29-30-31-32-33-34-35-36-37-38-39-40-41-42-43-44-46-48-50-52-54-56-58-62(66)63-60(59-64)61(65)57-55-53-51-49-47-45-16-14-12-10-8-6-4-2/h5,7,11,13,17-18,20-21,23-24,26-27,29-30,32-33,35-36,38-39,41-42,44,46-47,49,55,57,60-61,64-65H,3-4,6,8-10,12,14-16,19,22,25,28,31,34,37,40,43,45,48,50-54,56,58-59H2,1-2H3,(H,63,66)/b7-5-,13-11-,18-17-,21-20-,24-23-,27-26-,30-29-,33-32-,36-35-,39-38-,42-41-,46-44-,49-47+,57-55+. The predicted molar refractivity (Wildman–Crippen MR) is 294 cm³/mol. The summed E-state index contributed by atoms with van der Waals surface area (Å²) in [6, 6.07) is -0.664. The van der Waals surface area contributed by atoms with Gasteiger partial charge in [0.25, 0.3) is 0 Å². The second-order valence-electron chi connectivity index (χ2n) is 16.8. The number of aliphatic hydroxyl groups excluding tert-OH is 2. The van der Waals surface area contributed by atoms with Gasteiger partial charge in [0.1, 0.15) is 0 Å². The number of unbranched alkanes of at least 4 members (excludes halogenated alkanes) is 12. The minimum Gasteiger partial charge on any atom is -0.394 e. The summed E-state index contributed by atoms with van der Waals surface area (Å²) in [6.07, 6.45) is 90.6. The highest BCUT2D eigenvalue weighted by Crippen LogP contribution is 2.10. The van der Waals surface area contributed by atoms with Crippen LogP contribution in [0.3, 0.4) is 0 Å². The fourth-order valence-electron chi connectivity index (χ4n) is 6.70. The molecule has 0 aromatic heterocycles. The van der Waals surface area contributed by atoms with Gasteiger partial charge in [0, 0.05) is 6.42 Å². The van der Waals surface area contributed by atoms with Crippen molar-refractivity contribution in [3.63, 3.8) is 0 Å². The summed E-state index contributed by atoms with van der Waals surface area (Å²) in [5.41, 5.74) is 0. The Balaban J connectivity index is 3.75. The van der Waals surface area contributed by atoms with Crippen LogP contribution in [0.15, 0.2) is 170 Å². The molecule has 4 nitrogen and oxygen atoms in total. The number of aliphatic hydroxyl groups is 2. The van der Waals surface area contributed by atoms with Gasteiger partial charge in [0.2, 0.25) is 5.91 Å². The number of carbonyl (C=O) groups is 1. The second kappa shape index (κ2) is 55.1. The minimum atomic E-state index is -0.884. The summed E-state index contributed by atoms with van der Waals surface area (Å²) in [5.74, 6) is -0.107. The fraction of sp³-hybridized carbons (Fsp3) is 0.532. The highest BCUT2D eigenvalue weighted by molar-refractivity contribution is 5.76. The van der Waals surface area contributed by atoms with E-state index in [2.05, 4.69) is 177 Å². The third-order valence-electron chi connectivity index (χ3n) is 10.7. The van der Waals surface area contributed by atoms with Crippen LogP contribution in [0.25, 0.3) is 0 Å². The van der Waals surface area contributed by atoms with Crippen molar-refractivity contribution in [2.75, 3.05) is 6.61 Å². The smallest absolute Gasteiger partial charge is 0.220 e. The van der Waals surface area contributed by atoms with Gasteiger partial charge in [-0.2, -0.15) is 0 Å². The Morgan fingerprint density at radius 2 is 0.682 bits per heavy atom. The summed E-state index contributed by atoms with van der Waals surface area (Å²) >= 11 is 0. The zero-order valence-electron chi connectivity index (χ0n) is 42.1. The number of allylic oxidation sites excluding steroid dienone is 27. The van der Waals surface area contributed by atoms with Crippen LogP contribution in [0.5, 0.6) is 0 Å². The highest BCUT2D eigenvalue weighted by atomic mass is 16.3. The third-order valence-corrected chi connectivity index (χ3v) is 10.7. The molecule has 368 valence electrons. The topological polar surface area (TPSA) is 69.6 Å². The lowest BCUT2D eigenvalue weighted by Crippen LogP contribution is -2.45. The number of nitrogens with one attached hydrogen (secondary N) is 1. The molecule has 0 spiro atoms. The van der Waals surface area contributed by atoms with Crippen LogP contribution in [0.4, 0.5) is 0 Å². The van der Waals surface area contributed by atoms with E-state index in [1.807, 2.05) is 6.08 Å². The predicted octanol–water partition coefficient (Wildman–Crippen LogP) is 17.6. The van der Waals surface area contributed by atoms with Crippen LogP contribution in [-0.4, -0.2) is 34.9 Å². The largest absolute Gasteiger partial charge is 0.394 e. The summed E-state index contributed by atoms with van der Waals surface area (Å²) in [7, 11) is 0. The summed E-state index contributed by atoms with van der Waals surface area (Å²) in [5, 5.41) is 23.0. The SMILES string of the molecule is CC/C=C\C/C=C\C/C=C\C/C=C\C/C=C\C/C=C\C/C=C\C/C=C\C/C=C\C/C=C\C/C=C\C/C=C\CCCCCCC(=O)NC(CO)C(O)/C=C/CC/C=C/CCCCCCCCC. The van der Waals surface area contributed by atoms with Crippen molar-refractivity contribution in [1.29, 1.82) is 0 Å². The Hall–Kier alpha value is -4.25. The zero-order valence-corrected chi connectivity index (χ0v) is 42.1. The normalized spacial score (nSPS) is 14.3. The Bertz CT molecular complexity index is 1490. The molecule has 0 aromatic rings. The zero-order chi connectivity index (χ0) is 47.7. The molecule has 0 radical (unpaired) electrons. The molecule has 0 aliphatic heterocycles. The van der Waals surface area contributed by atoms with E-state index in [1.54, 1.807) is 6.08 Å². The number of rotatable bonds is 45. The van der Waals surface area contributed by atoms with E-state index in [0.717, 1.165) is 128 Å². The molecule has 0 aromatic carbocycles. The number of carbonyl (C=O) groups excluding carboxylic acids is 1. The molecule has 2 atom stereocenters. The van der Waals surface area contributed by atoms with Gasteiger partial charge in [-0.3, -0.25) is 4.79 Å². The molecule has 0 saturated carbocycles. The molecule has 0 heterocycles. The Morgan fingerprint density at radius 1 is 0.379 bits per heavy atom. The maximum atomic E-state index is 12.4. The van der Waals surface area contributed by atoms with Crippen molar-refractivity contribution >= 4 is 5.91 Å². The first-order valence-electron chi connectivity index (χ1n) is 26.3. The molecule has 0 aliphatic carbocycles. The molecule has 2 unspecified atom stereocenters. The van der Waals surface area contributed by atoms with Crippen molar-refractivity contribution in [2.45, 2.75) is 206 Å². The van der Waals surface area contributed by atoms with Gasteiger partial charge in [0.05, 0.1) is 18.8 Å². The molecule has 0 saturated heterocycles. The van der Waals surface area contributed by atoms with E-state index in [9.17, 15) is 15.0 Å². The average Bonchev–Trinajstić information content (AvgIpc) is 3.32. The molecular weight excluding hydrogens is 807 g/mol. The van der Waals surface area contributed by atoms with E-state index in [-0.39, 0.29) is 12.5 Å². The van der Waals surface area contributed by atoms with E-state index in [4.69, 9.17) is 0 Å². The molecule has 0 aliphatic rings. The first-order chi connectivity index (χ1) is 32.7. The van der Waals surface area contributed by atoms with Crippen molar-refractivity contribution in [2.24, 2.45) is 0 Å². The molecule has 66 heavy (non-hydrogen) atoms. The lowest BCUT2D eigenvalue weighted by atomic mass is 10.1. The van der Waals surface area contributed by atoms with Crippen molar-refractivity contribution in [1.82, 2.24) is 5.32 Å². The Labute approximate surface area is 407 Å². The van der Waals surface area contributed by atoms with Gasteiger partial charge in [0.15, 0.2) is 0 Å². The molecular formula is C62H97NO3. The summed E-state index contributed by atoms with van der Waals surface area (Å²) in [4.78, 5) is 12.4. The van der Waals surface area contributed by atoms with Crippen molar-refractivity contribution in [3.8, 4) is 0 Å². The quantitative estimate of drug-likeness (QED) is 0.0421. The van der Waals surface area contributed by atoms with Gasteiger partial charge >= 0.3 is 0 Å². The number of hydrogen-bond donors (Lipinski definition) is 3.